The summed E-state index contributed by atoms with van der Waals surface area (Å²) < 4.78 is 6.49. The monoisotopic (exact) mass is 289 g/mol. The molecule has 0 aromatic carbocycles. The Bertz CT molecular complexity index is 719. The molecular weight excluding hydrogens is 278 g/mol. The van der Waals surface area contributed by atoms with Crippen LogP contribution in [0.25, 0.3) is 26.7 Å². The van der Waals surface area contributed by atoms with Crippen molar-refractivity contribution in [1.29, 1.82) is 0 Å². The fraction of sp³-hybridized carbons (Fsp3) is 0.154. The van der Waals surface area contributed by atoms with Crippen LogP contribution in [0.15, 0.2) is 29.7 Å². The van der Waals surface area contributed by atoms with Gasteiger partial charge in [0.25, 0.3) is 0 Å². The smallest absolute Gasteiger partial charge is 0.172 e. The van der Waals surface area contributed by atoms with E-state index in [1.807, 2.05) is 18.4 Å². The number of thiazole rings is 1. The summed E-state index contributed by atoms with van der Waals surface area (Å²) in [5.41, 5.74) is 3.46. The molecule has 4 nitrogen and oxygen atoms in total. The van der Waals surface area contributed by atoms with E-state index >= 15 is 0 Å². The van der Waals surface area contributed by atoms with E-state index < -0.39 is 0 Å². The molecule has 3 heterocycles. The number of hydrogen-bond acceptors (Lipinski definition) is 6. The molecule has 0 unspecified atom stereocenters. The third-order valence-corrected chi connectivity index (χ3v) is 4.22. The van der Waals surface area contributed by atoms with Crippen LogP contribution in [0.2, 0.25) is 0 Å². The lowest BCUT2D eigenvalue weighted by Gasteiger charge is -2.08. The van der Waals surface area contributed by atoms with E-state index in [0.29, 0.717) is 18.2 Å². The first-order valence-corrected chi connectivity index (χ1v) is 7.51. The Balaban J connectivity index is 2.18. The Morgan fingerprint density at radius 2 is 2.26 bits per heavy atom. The average molecular weight is 289 g/mol. The number of thiophene rings is 1. The largest absolute Gasteiger partial charge is 0.492 e. The second kappa shape index (κ2) is 5.07. The molecule has 0 fully saturated rings. The predicted octanol–water partition coefficient (Wildman–Crippen LogP) is 3.82. The molecule has 0 atom stereocenters. The Morgan fingerprint density at radius 1 is 1.37 bits per heavy atom. The van der Waals surface area contributed by atoms with Gasteiger partial charge in [-0.15, -0.1) is 22.7 Å². The summed E-state index contributed by atoms with van der Waals surface area (Å²) in [6.07, 6.45) is 1.77. The van der Waals surface area contributed by atoms with Crippen LogP contribution in [0.1, 0.15) is 12.6 Å². The van der Waals surface area contributed by atoms with E-state index in [1.54, 1.807) is 23.0 Å². The molecule has 0 bridgehead atoms. The van der Waals surface area contributed by atoms with Gasteiger partial charge in [0.15, 0.2) is 5.82 Å². The fourth-order valence-corrected chi connectivity index (χ4v) is 3.12. The van der Waals surface area contributed by atoms with Crippen molar-refractivity contribution in [1.82, 2.24) is 15.0 Å². The van der Waals surface area contributed by atoms with Crippen LogP contribution in [0, 0.1) is 0 Å². The molecular formula is C13H11N3OS2. The minimum Gasteiger partial charge on any atom is -0.492 e. The normalized spacial score (nSPS) is 10.8. The molecule has 96 valence electrons. The van der Waals surface area contributed by atoms with Crippen molar-refractivity contribution < 1.29 is 4.74 Å². The maximum Gasteiger partial charge on any atom is 0.172 e. The minimum atomic E-state index is 0.575. The second-order valence-corrected chi connectivity index (χ2v) is 5.56. The molecule has 0 amide bonds. The van der Waals surface area contributed by atoms with Gasteiger partial charge >= 0.3 is 0 Å². The fourth-order valence-electron chi connectivity index (χ4n) is 1.73. The van der Waals surface area contributed by atoms with E-state index in [4.69, 9.17) is 4.74 Å². The van der Waals surface area contributed by atoms with E-state index in [9.17, 15) is 0 Å². The van der Waals surface area contributed by atoms with E-state index in [2.05, 4.69) is 21.5 Å². The third kappa shape index (κ3) is 2.24. The quantitative estimate of drug-likeness (QED) is 0.685. The van der Waals surface area contributed by atoms with Gasteiger partial charge in [-0.05, 0) is 18.4 Å². The zero-order chi connectivity index (χ0) is 13.2. The molecule has 0 saturated heterocycles. The number of nitrogens with zero attached hydrogens (tertiary/aromatic N) is 3. The number of hydrogen-bond donors (Lipinski definition) is 0. The lowest BCUT2D eigenvalue weighted by atomic mass is 10.3. The first-order valence-electron chi connectivity index (χ1n) is 5.75. The summed E-state index contributed by atoms with van der Waals surface area (Å²) in [5, 5.41) is 2.00. The zero-order valence-corrected chi connectivity index (χ0v) is 11.9. The Kier molecular flexibility index (Phi) is 3.27. The van der Waals surface area contributed by atoms with Crippen molar-refractivity contribution in [3.05, 3.63) is 35.4 Å². The first-order chi connectivity index (χ1) is 9.29. The SMILES string of the molecule is C=C(OCC)c1nc(-c2cncs2)nc2ccsc12. The third-order valence-electron chi connectivity index (χ3n) is 2.54. The van der Waals surface area contributed by atoms with Gasteiger partial charge in [-0.3, -0.25) is 4.98 Å². The maximum absolute atomic E-state index is 5.49. The molecule has 0 N–H and O–H groups in total. The summed E-state index contributed by atoms with van der Waals surface area (Å²) in [5.74, 6) is 1.26. The van der Waals surface area contributed by atoms with Gasteiger partial charge in [-0.1, -0.05) is 6.58 Å². The van der Waals surface area contributed by atoms with Gasteiger partial charge in [0.05, 0.1) is 27.2 Å². The van der Waals surface area contributed by atoms with Crippen LogP contribution in [-0.2, 0) is 4.74 Å². The van der Waals surface area contributed by atoms with Crippen molar-refractivity contribution in [2.45, 2.75) is 6.92 Å². The summed E-state index contributed by atoms with van der Waals surface area (Å²) in [6, 6.07) is 1.98. The second-order valence-electron chi connectivity index (χ2n) is 3.75. The highest BCUT2D eigenvalue weighted by atomic mass is 32.1. The molecule has 3 aromatic heterocycles. The van der Waals surface area contributed by atoms with E-state index in [-0.39, 0.29) is 0 Å². The van der Waals surface area contributed by atoms with Crippen molar-refractivity contribution in [2.75, 3.05) is 6.61 Å². The summed E-state index contributed by atoms with van der Waals surface area (Å²) in [6.45, 7) is 6.46. The molecule has 3 aromatic rings. The summed E-state index contributed by atoms with van der Waals surface area (Å²) >= 11 is 3.11. The van der Waals surface area contributed by atoms with Crippen LogP contribution in [-0.4, -0.2) is 21.6 Å². The summed E-state index contributed by atoms with van der Waals surface area (Å²) in [4.78, 5) is 14.1. The average Bonchev–Trinajstić information content (AvgIpc) is 3.08. The van der Waals surface area contributed by atoms with E-state index in [0.717, 1.165) is 20.8 Å². The van der Waals surface area contributed by atoms with Crippen molar-refractivity contribution >= 4 is 38.6 Å². The van der Waals surface area contributed by atoms with Crippen LogP contribution < -0.4 is 0 Å². The Morgan fingerprint density at radius 3 is 3.00 bits per heavy atom. The van der Waals surface area contributed by atoms with Crippen molar-refractivity contribution in [3.8, 4) is 10.7 Å². The number of fused-ring (bicyclic) bond motifs is 1. The van der Waals surface area contributed by atoms with Gasteiger partial charge in [0.1, 0.15) is 11.5 Å². The van der Waals surface area contributed by atoms with Gasteiger partial charge in [-0.2, -0.15) is 0 Å². The number of ether oxygens (including phenoxy) is 1. The molecule has 0 aliphatic carbocycles. The van der Waals surface area contributed by atoms with Crippen LogP contribution >= 0.6 is 22.7 Å². The highest BCUT2D eigenvalue weighted by Crippen LogP contribution is 2.30. The Hall–Kier alpha value is -1.79. The van der Waals surface area contributed by atoms with Gasteiger partial charge in [0, 0.05) is 6.20 Å². The van der Waals surface area contributed by atoms with Gasteiger partial charge in [0.2, 0.25) is 0 Å². The molecule has 0 radical (unpaired) electrons. The molecule has 0 aliphatic heterocycles. The molecule has 0 aliphatic rings. The lowest BCUT2D eigenvalue weighted by molar-refractivity contribution is 0.298. The highest BCUT2D eigenvalue weighted by molar-refractivity contribution is 7.17. The molecule has 0 spiro atoms. The maximum atomic E-state index is 5.49. The zero-order valence-electron chi connectivity index (χ0n) is 10.3. The molecule has 6 heteroatoms. The highest BCUT2D eigenvalue weighted by Gasteiger charge is 2.14. The first kappa shape index (κ1) is 12.3. The topological polar surface area (TPSA) is 47.9 Å². The van der Waals surface area contributed by atoms with Crippen molar-refractivity contribution in [3.63, 3.8) is 0 Å². The van der Waals surface area contributed by atoms with Gasteiger partial charge in [-0.25, -0.2) is 9.97 Å². The van der Waals surface area contributed by atoms with E-state index in [1.165, 1.54) is 11.3 Å². The standard InChI is InChI=1S/C13H11N3OS2/c1-3-17-8(2)11-12-9(4-5-18-12)15-13(16-11)10-6-14-7-19-10/h4-7H,2-3H2,1H3. The predicted molar refractivity (Wildman–Crippen MR) is 79.2 cm³/mol. The van der Waals surface area contributed by atoms with Crippen LogP contribution in [0.5, 0.6) is 0 Å². The Labute approximate surface area is 118 Å². The molecule has 0 saturated carbocycles. The van der Waals surface area contributed by atoms with Gasteiger partial charge < -0.3 is 4.74 Å². The van der Waals surface area contributed by atoms with Crippen molar-refractivity contribution in [2.24, 2.45) is 0 Å². The minimum absolute atomic E-state index is 0.575. The summed E-state index contributed by atoms with van der Waals surface area (Å²) in [7, 11) is 0. The molecule has 3 rings (SSSR count). The number of rotatable bonds is 4. The molecule has 19 heavy (non-hydrogen) atoms. The number of aromatic nitrogens is 3. The lowest BCUT2D eigenvalue weighted by Crippen LogP contribution is -1.97. The van der Waals surface area contributed by atoms with Crippen LogP contribution in [0.3, 0.4) is 0 Å². The van der Waals surface area contributed by atoms with Crippen LogP contribution in [0.4, 0.5) is 0 Å².